The van der Waals surface area contributed by atoms with E-state index in [9.17, 15) is 4.79 Å². The normalized spacial score (nSPS) is 23.1. The molecular weight excluding hydrogens is 308 g/mol. The molecule has 2 N–H and O–H groups in total. The lowest BCUT2D eigenvalue weighted by molar-refractivity contribution is -0.121. The lowest BCUT2D eigenvalue weighted by Crippen LogP contribution is -2.47. The molecule has 2 aliphatic rings. The molecule has 0 radical (unpaired) electrons. The van der Waals surface area contributed by atoms with Crippen LogP contribution in [-0.4, -0.2) is 45.0 Å². The number of amides is 1. The number of aryl methyl sites for hydroxylation is 1. The second-order valence-corrected chi connectivity index (χ2v) is 7.81. The number of carbonyl (C=O) groups is 1. The third-order valence-electron chi connectivity index (χ3n) is 4.98. The molecule has 126 valence electrons. The minimum atomic E-state index is -0.0683. The van der Waals surface area contributed by atoms with Crippen LogP contribution in [0.3, 0.4) is 0 Å². The van der Waals surface area contributed by atoms with E-state index >= 15 is 0 Å². The lowest BCUT2D eigenvalue weighted by atomic mass is 9.79. The van der Waals surface area contributed by atoms with Crippen molar-refractivity contribution in [1.82, 2.24) is 10.6 Å². The molecule has 1 fully saturated rings. The Bertz CT molecular complexity index is 538. The topological polar surface area (TPSA) is 50.4 Å². The minimum absolute atomic E-state index is 0.0683. The number of hydrogen-bond donors (Lipinski definition) is 2. The first-order valence-corrected chi connectivity index (χ1v) is 9.46. The maximum Gasteiger partial charge on any atom is 0.237 e. The van der Waals surface area contributed by atoms with Crippen LogP contribution in [-0.2, 0) is 16.0 Å². The second-order valence-electron chi connectivity index (χ2n) is 6.60. The number of methoxy groups -OCH3 is 1. The van der Waals surface area contributed by atoms with E-state index in [1.54, 1.807) is 18.9 Å². The third-order valence-corrected chi connectivity index (χ3v) is 6.23. The van der Waals surface area contributed by atoms with Gasteiger partial charge >= 0.3 is 0 Å². The van der Waals surface area contributed by atoms with Crippen LogP contribution in [0.25, 0.3) is 0 Å². The summed E-state index contributed by atoms with van der Waals surface area (Å²) in [6.45, 7) is 3.42. The SMILES string of the molecule is COCC1(CNC(=O)C2SCCc3ccccc32)CCNCC1. The molecule has 3 rings (SSSR count). The first-order chi connectivity index (χ1) is 11.2. The second kappa shape index (κ2) is 7.69. The summed E-state index contributed by atoms with van der Waals surface area (Å²) in [5.41, 5.74) is 2.58. The third kappa shape index (κ3) is 3.90. The fraction of sp³-hybridized carbons (Fsp3) is 0.611. The van der Waals surface area contributed by atoms with Crippen LogP contribution in [0.1, 0.15) is 29.2 Å². The Morgan fingerprint density at radius 1 is 1.39 bits per heavy atom. The predicted molar refractivity (Wildman–Crippen MR) is 94.8 cm³/mol. The largest absolute Gasteiger partial charge is 0.384 e. The first kappa shape index (κ1) is 16.8. The predicted octanol–water partition coefficient (Wildman–Crippen LogP) is 2.15. The van der Waals surface area contributed by atoms with Crippen molar-refractivity contribution in [2.75, 3.05) is 39.1 Å². The number of ether oxygens (including phenoxy) is 1. The van der Waals surface area contributed by atoms with Crippen LogP contribution in [0.4, 0.5) is 0 Å². The van der Waals surface area contributed by atoms with Gasteiger partial charge in [0.25, 0.3) is 0 Å². The van der Waals surface area contributed by atoms with Gasteiger partial charge in [-0.3, -0.25) is 4.79 Å². The van der Waals surface area contributed by atoms with Gasteiger partial charge in [0, 0.05) is 19.1 Å². The monoisotopic (exact) mass is 334 g/mol. The van der Waals surface area contributed by atoms with E-state index in [0.717, 1.165) is 38.1 Å². The van der Waals surface area contributed by atoms with Crippen LogP contribution in [0.15, 0.2) is 24.3 Å². The number of piperidine rings is 1. The van der Waals surface area contributed by atoms with E-state index in [-0.39, 0.29) is 16.6 Å². The summed E-state index contributed by atoms with van der Waals surface area (Å²) in [5.74, 6) is 1.17. The molecule has 0 aromatic heterocycles. The highest BCUT2D eigenvalue weighted by atomic mass is 32.2. The van der Waals surface area contributed by atoms with E-state index in [0.29, 0.717) is 13.2 Å². The Balaban J connectivity index is 1.65. The Hall–Kier alpha value is -1.04. The summed E-state index contributed by atoms with van der Waals surface area (Å²) in [5, 5.41) is 6.54. The summed E-state index contributed by atoms with van der Waals surface area (Å²) in [4.78, 5) is 12.8. The zero-order valence-electron chi connectivity index (χ0n) is 13.8. The van der Waals surface area contributed by atoms with Crippen LogP contribution in [0.5, 0.6) is 0 Å². The number of rotatable bonds is 5. The number of nitrogens with one attached hydrogen (secondary N) is 2. The van der Waals surface area contributed by atoms with E-state index < -0.39 is 0 Å². The van der Waals surface area contributed by atoms with Crippen molar-refractivity contribution in [1.29, 1.82) is 0 Å². The molecule has 1 amide bonds. The Labute approximate surface area is 142 Å². The van der Waals surface area contributed by atoms with Gasteiger partial charge < -0.3 is 15.4 Å². The number of thioether (sulfide) groups is 1. The molecule has 5 heteroatoms. The lowest BCUT2D eigenvalue weighted by Gasteiger charge is -2.37. The van der Waals surface area contributed by atoms with Crippen LogP contribution in [0.2, 0.25) is 0 Å². The smallest absolute Gasteiger partial charge is 0.237 e. The molecule has 1 aromatic carbocycles. The average molecular weight is 334 g/mol. The van der Waals surface area contributed by atoms with Crippen molar-refractivity contribution in [2.45, 2.75) is 24.5 Å². The molecule has 0 bridgehead atoms. The van der Waals surface area contributed by atoms with Gasteiger partial charge in [0.05, 0.1) is 6.61 Å². The summed E-state index contributed by atoms with van der Waals surface area (Å²) in [6.07, 6.45) is 3.16. The van der Waals surface area contributed by atoms with Crippen molar-refractivity contribution in [3.63, 3.8) is 0 Å². The molecule has 4 nitrogen and oxygen atoms in total. The highest BCUT2D eigenvalue weighted by molar-refractivity contribution is 8.00. The van der Waals surface area contributed by atoms with Gasteiger partial charge in [-0.25, -0.2) is 0 Å². The zero-order valence-corrected chi connectivity index (χ0v) is 14.6. The molecule has 1 aromatic rings. The molecule has 0 spiro atoms. The average Bonchev–Trinajstić information content (AvgIpc) is 2.60. The zero-order chi connectivity index (χ0) is 16.1. The maximum atomic E-state index is 12.8. The van der Waals surface area contributed by atoms with Crippen LogP contribution < -0.4 is 10.6 Å². The molecule has 1 unspecified atom stereocenters. The quantitative estimate of drug-likeness (QED) is 0.866. The van der Waals surface area contributed by atoms with E-state index in [4.69, 9.17) is 4.74 Å². The van der Waals surface area contributed by atoms with Crippen molar-refractivity contribution in [2.24, 2.45) is 5.41 Å². The molecule has 0 aliphatic carbocycles. The van der Waals surface area contributed by atoms with Gasteiger partial charge in [0.2, 0.25) is 5.91 Å². The fourth-order valence-corrected chi connectivity index (χ4v) is 4.83. The molecular formula is C18H26N2O2S. The Morgan fingerprint density at radius 3 is 2.96 bits per heavy atom. The number of benzene rings is 1. The van der Waals surface area contributed by atoms with Crippen molar-refractivity contribution < 1.29 is 9.53 Å². The van der Waals surface area contributed by atoms with Gasteiger partial charge in [0.15, 0.2) is 0 Å². The molecule has 0 saturated carbocycles. The van der Waals surface area contributed by atoms with Gasteiger partial charge in [-0.1, -0.05) is 24.3 Å². The van der Waals surface area contributed by atoms with E-state index in [1.807, 2.05) is 6.07 Å². The van der Waals surface area contributed by atoms with Crippen molar-refractivity contribution in [3.05, 3.63) is 35.4 Å². The molecule has 1 atom stereocenters. The highest BCUT2D eigenvalue weighted by Gasteiger charge is 2.34. The molecule has 23 heavy (non-hydrogen) atoms. The van der Waals surface area contributed by atoms with Crippen molar-refractivity contribution in [3.8, 4) is 0 Å². The van der Waals surface area contributed by atoms with Gasteiger partial charge in [-0.05, 0) is 49.2 Å². The molecule has 2 heterocycles. The summed E-state index contributed by atoms with van der Waals surface area (Å²) in [6, 6.07) is 8.34. The standard InChI is InChI=1S/C18H26N2O2S/c1-22-13-18(7-9-19-10-8-18)12-20-17(21)16-15-5-3-2-4-14(15)6-11-23-16/h2-5,16,19H,6-13H2,1H3,(H,20,21). The Kier molecular flexibility index (Phi) is 5.62. The number of hydrogen-bond acceptors (Lipinski definition) is 4. The van der Waals surface area contributed by atoms with Crippen LogP contribution >= 0.6 is 11.8 Å². The number of carbonyl (C=O) groups excluding carboxylic acids is 1. The number of fused-ring (bicyclic) bond motifs is 1. The summed E-state index contributed by atoms with van der Waals surface area (Å²) in [7, 11) is 1.75. The molecule has 1 saturated heterocycles. The maximum absolute atomic E-state index is 12.8. The highest BCUT2D eigenvalue weighted by Crippen LogP contribution is 2.37. The van der Waals surface area contributed by atoms with Crippen LogP contribution in [0, 0.1) is 5.41 Å². The molecule has 2 aliphatic heterocycles. The summed E-state index contributed by atoms with van der Waals surface area (Å²) >= 11 is 1.76. The first-order valence-electron chi connectivity index (χ1n) is 8.41. The van der Waals surface area contributed by atoms with E-state index in [2.05, 4.69) is 28.8 Å². The minimum Gasteiger partial charge on any atom is -0.384 e. The van der Waals surface area contributed by atoms with E-state index in [1.165, 1.54) is 11.1 Å². The fourth-order valence-electron chi connectivity index (χ4n) is 3.61. The van der Waals surface area contributed by atoms with Gasteiger partial charge in [-0.2, -0.15) is 0 Å². The van der Waals surface area contributed by atoms with Gasteiger partial charge in [-0.15, -0.1) is 11.8 Å². The van der Waals surface area contributed by atoms with Crippen molar-refractivity contribution >= 4 is 17.7 Å². The van der Waals surface area contributed by atoms with Gasteiger partial charge in [0.1, 0.15) is 5.25 Å². The Morgan fingerprint density at radius 2 is 2.17 bits per heavy atom. The summed E-state index contributed by atoms with van der Waals surface area (Å²) < 4.78 is 5.43.